The van der Waals surface area contributed by atoms with E-state index in [0.717, 1.165) is 33.2 Å². The number of fused-ring (bicyclic) bond motifs is 6. The average molecular weight is 653 g/mol. The molecule has 2 atom stereocenters. The number of aromatic nitrogens is 3. The van der Waals surface area contributed by atoms with Gasteiger partial charge in [-0.2, -0.15) is 0 Å². The molecule has 2 unspecified atom stereocenters. The minimum atomic E-state index is 0.175. The molecular weight excluding hydrogens is 621 g/mol. The van der Waals surface area contributed by atoms with Gasteiger partial charge in [0.2, 0.25) is 0 Å². The molecule has 2 aliphatic rings. The van der Waals surface area contributed by atoms with Gasteiger partial charge in [0.25, 0.3) is 0 Å². The van der Waals surface area contributed by atoms with Crippen molar-refractivity contribution in [2.75, 3.05) is 4.90 Å². The Labute approximate surface area is 296 Å². The largest absolute Gasteiger partial charge is 0.333 e. The average Bonchev–Trinajstić information content (AvgIpc) is 3.56. The molecule has 0 saturated carbocycles. The van der Waals surface area contributed by atoms with E-state index in [2.05, 4.69) is 169 Å². The summed E-state index contributed by atoms with van der Waals surface area (Å²) in [5, 5.41) is 4.77. The summed E-state index contributed by atoms with van der Waals surface area (Å²) in [6.07, 6.45) is 9.00. The minimum Gasteiger partial charge on any atom is -0.333 e. The predicted molar refractivity (Wildman–Crippen MR) is 210 cm³/mol. The van der Waals surface area contributed by atoms with Gasteiger partial charge in [0.15, 0.2) is 17.5 Å². The summed E-state index contributed by atoms with van der Waals surface area (Å²) in [7, 11) is 0. The lowest BCUT2D eigenvalue weighted by Gasteiger charge is -2.29. The van der Waals surface area contributed by atoms with Gasteiger partial charge in [-0.05, 0) is 51.0 Å². The van der Waals surface area contributed by atoms with Crippen molar-refractivity contribution in [2.24, 2.45) is 0 Å². The fourth-order valence-electron chi connectivity index (χ4n) is 7.89. The van der Waals surface area contributed by atoms with Gasteiger partial charge < -0.3 is 4.90 Å². The number of hydrogen-bond donors (Lipinski definition) is 0. The van der Waals surface area contributed by atoms with Crippen LogP contribution < -0.4 is 4.90 Å². The lowest BCUT2D eigenvalue weighted by atomic mass is 9.90. The second-order valence-electron chi connectivity index (χ2n) is 13.2. The van der Waals surface area contributed by atoms with E-state index in [-0.39, 0.29) is 12.0 Å². The summed E-state index contributed by atoms with van der Waals surface area (Å²) >= 11 is 0. The van der Waals surface area contributed by atoms with E-state index < -0.39 is 0 Å². The molecule has 0 saturated heterocycles. The summed E-state index contributed by atoms with van der Waals surface area (Å²) in [4.78, 5) is 18.0. The quantitative estimate of drug-likeness (QED) is 0.186. The molecule has 4 nitrogen and oxygen atoms in total. The van der Waals surface area contributed by atoms with E-state index in [4.69, 9.17) is 15.0 Å². The highest BCUT2D eigenvalue weighted by atomic mass is 15.2. The first kappa shape index (κ1) is 29.3. The Hall–Kier alpha value is -6.65. The molecule has 51 heavy (non-hydrogen) atoms. The van der Waals surface area contributed by atoms with Crippen molar-refractivity contribution < 1.29 is 0 Å². The normalized spacial score (nSPS) is 16.0. The lowest BCUT2D eigenvalue weighted by Crippen LogP contribution is -2.28. The van der Waals surface area contributed by atoms with E-state index in [9.17, 15) is 0 Å². The second kappa shape index (κ2) is 12.0. The van der Waals surface area contributed by atoms with Gasteiger partial charge in [0.05, 0.1) is 11.7 Å². The molecule has 4 heteroatoms. The number of hydrogen-bond acceptors (Lipinski definition) is 4. The first-order valence-corrected chi connectivity index (χ1v) is 17.5. The van der Waals surface area contributed by atoms with E-state index >= 15 is 0 Å². The van der Waals surface area contributed by atoms with E-state index in [1.165, 1.54) is 33.2 Å². The van der Waals surface area contributed by atoms with Crippen molar-refractivity contribution >= 4 is 32.9 Å². The Bertz CT molecular complexity index is 2660. The van der Waals surface area contributed by atoms with Gasteiger partial charge in [0, 0.05) is 33.7 Å². The zero-order valence-electron chi connectivity index (χ0n) is 27.8. The Balaban J connectivity index is 1.15. The number of rotatable bonds is 5. The highest BCUT2D eigenvalue weighted by Crippen LogP contribution is 2.51. The van der Waals surface area contributed by atoms with Crippen LogP contribution in [0, 0.1) is 0 Å². The van der Waals surface area contributed by atoms with E-state index in [0.29, 0.717) is 17.5 Å². The number of allylic oxidation sites excluding steroid dienone is 2. The molecule has 1 aliphatic heterocycles. The highest BCUT2D eigenvalue weighted by molar-refractivity contribution is 6.04. The summed E-state index contributed by atoms with van der Waals surface area (Å²) in [5.41, 5.74) is 8.96. The van der Waals surface area contributed by atoms with Gasteiger partial charge in [0.1, 0.15) is 0 Å². The smallest absolute Gasteiger partial charge is 0.164 e. The molecule has 8 aromatic rings. The SMILES string of the molecule is C1=CC2c3ccc4ccccc4c3N(c3cccc(-c4nc(-c5ccccc5)nc(-c5ccc(-c6ccccc6)c6ccccc56)n4)c3)C2C=C1. The second-order valence-corrected chi connectivity index (χ2v) is 13.2. The maximum absolute atomic E-state index is 5.23. The first-order chi connectivity index (χ1) is 25.3. The van der Waals surface area contributed by atoms with Crippen molar-refractivity contribution in [1.29, 1.82) is 0 Å². The highest BCUT2D eigenvalue weighted by Gasteiger charge is 2.38. The number of nitrogens with zero attached hydrogens (tertiary/aromatic N) is 4. The van der Waals surface area contributed by atoms with Crippen LogP contribution in [0.5, 0.6) is 0 Å². The summed E-state index contributed by atoms with van der Waals surface area (Å²) in [5.74, 6) is 2.22. The molecule has 240 valence electrons. The topological polar surface area (TPSA) is 41.9 Å². The van der Waals surface area contributed by atoms with Crippen LogP contribution in [0.3, 0.4) is 0 Å². The third-order valence-electron chi connectivity index (χ3n) is 10.2. The number of benzene rings is 7. The fraction of sp³-hybridized carbons (Fsp3) is 0.0426. The van der Waals surface area contributed by atoms with Gasteiger partial charge in [-0.1, -0.05) is 164 Å². The Morgan fingerprint density at radius 2 is 1.04 bits per heavy atom. The van der Waals surface area contributed by atoms with Crippen molar-refractivity contribution in [3.63, 3.8) is 0 Å². The van der Waals surface area contributed by atoms with Crippen LogP contribution in [0.15, 0.2) is 182 Å². The Kier molecular flexibility index (Phi) is 6.91. The number of anilines is 2. The third-order valence-corrected chi connectivity index (χ3v) is 10.2. The predicted octanol–water partition coefficient (Wildman–Crippen LogP) is 11.6. The molecule has 0 amide bonds. The monoisotopic (exact) mass is 652 g/mol. The maximum Gasteiger partial charge on any atom is 0.164 e. The summed E-state index contributed by atoms with van der Waals surface area (Å²) in [6, 6.07) is 55.7. The molecule has 1 aliphatic carbocycles. The Morgan fingerprint density at radius 1 is 0.431 bits per heavy atom. The molecule has 0 radical (unpaired) electrons. The van der Waals surface area contributed by atoms with Crippen molar-refractivity contribution in [3.05, 3.63) is 188 Å². The van der Waals surface area contributed by atoms with Crippen molar-refractivity contribution in [3.8, 4) is 45.3 Å². The van der Waals surface area contributed by atoms with Gasteiger partial charge >= 0.3 is 0 Å². The van der Waals surface area contributed by atoms with Crippen molar-refractivity contribution in [1.82, 2.24) is 15.0 Å². The fourth-order valence-corrected chi connectivity index (χ4v) is 7.89. The van der Waals surface area contributed by atoms with E-state index in [1.54, 1.807) is 0 Å². The standard InChI is InChI=1S/C47H32N4/c1-3-14-31(15-4-1)36-28-29-42(39-23-10-9-22-38(36)39)47-49-45(33-17-5-2-6-18-33)48-46(50-47)34-19-13-20-35(30-34)51-43-25-12-11-24-40(43)41-27-26-32-16-7-8-21-37(32)44(41)51/h1-30,40,43H. The zero-order chi connectivity index (χ0) is 33.7. The van der Waals surface area contributed by atoms with Crippen molar-refractivity contribution in [2.45, 2.75) is 12.0 Å². The molecule has 0 N–H and O–H groups in total. The molecular formula is C47H32N4. The third kappa shape index (κ3) is 4.95. The summed E-state index contributed by atoms with van der Waals surface area (Å²) in [6.45, 7) is 0. The van der Waals surface area contributed by atoms with Gasteiger partial charge in [-0.25, -0.2) is 15.0 Å². The molecule has 0 spiro atoms. The van der Waals surface area contributed by atoms with Gasteiger partial charge in [-0.3, -0.25) is 0 Å². The zero-order valence-corrected chi connectivity index (χ0v) is 27.8. The van der Waals surface area contributed by atoms with Crippen LogP contribution in [-0.4, -0.2) is 21.0 Å². The van der Waals surface area contributed by atoms with E-state index in [1.807, 2.05) is 18.2 Å². The molecule has 10 rings (SSSR count). The van der Waals surface area contributed by atoms with Gasteiger partial charge in [-0.15, -0.1) is 0 Å². The Morgan fingerprint density at radius 3 is 1.84 bits per heavy atom. The first-order valence-electron chi connectivity index (χ1n) is 17.5. The molecule has 0 bridgehead atoms. The van der Waals surface area contributed by atoms with Crippen LogP contribution in [0.2, 0.25) is 0 Å². The van der Waals surface area contributed by atoms with Crippen LogP contribution in [0.1, 0.15) is 11.5 Å². The minimum absolute atomic E-state index is 0.175. The van der Waals surface area contributed by atoms with Crippen LogP contribution in [0.4, 0.5) is 11.4 Å². The maximum atomic E-state index is 5.23. The molecule has 2 heterocycles. The lowest BCUT2D eigenvalue weighted by molar-refractivity contribution is 0.745. The van der Waals surface area contributed by atoms with Crippen LogP contribution >= 0.6 is 0 Å². The van der Waals surface area contributed by atoms with Crippen LogP contribution in [0.25, 0.3) is 66.8 Å². The van der Waals surface area contributed by atoms with Crippen LogP contribution in [-0.2, 0) is 0 Å². The molecule has 7 aromatic carbocycles. The molecule has 0 fully saturated rings. The summed E-state index contributed by atoms with van der Waals surface area (Å²) < 4.78 is 0. The molecule has 1 aromatic heterocycles.